The molecule has 0 saturated carbocycles. The fourth-order valence-electron chi connectivity index (χ4n) is 3.06. The number of nitrogens with zero attached hydrogens (tertiary/aromatic N) is 1. The van der Waals surface area contributed by atoms with Crippen LogP contribution in [0.1, 0.15) is 25.7 Å². The summed E-state index contributed by atoms with van der Waals surface area (Å²) < 4.78 is 29.8. The molecule has 0 bridgehead atoms. The van der Waals surface area contributed by atoms with Gasteiger partial charge in [0.1, 0.15) is 11.6 Å². The molecule has 3 rings (SSSR count). The number of rotatable bonds is 6. The van der Waals surface area contributed by atoms with Gasteiger partial charge in [-0.25, -0.2) is 4.39 Å². The second-order valence-corrected chi connectivity index (χ2v) is 5.96. The van der Waals surface area contributed by atoms with Crippen molar-refractivity contribution in [3.8, 4) is 5.75 Å². The fraction of sp³-hybridized carbons (Fsp3) is 0.647. The van der Waals surface area contributed by atoms with E-state index in [-0.39, 0.29) is 11.6 Å². The quantitative estimate of drug-likeness (QED) is 0.756. The molecule has 1 spiro atoms. The molecule has 0 radical (unpaired) electrons. The highest BCUT2D eigenvalue weighted by molar-refractivity contribution is 5.21. The summed E-state index contributed by atoms with van der Waals surface area (Å²) in [5.41, 5.74) is 0. The molecule has 1 aromatic carbocycles. The molecule has 0 aromatic heterocycles. The lowest BCUT2D eigenvalue weighted by atomic mass is 10.0. The normalized spacial score (nSPS) is 21.3. The largest absolute Gasteiger partial charge is 0.494 e. The Morgan fingerprint density at radius 3 is 2.41 bits per heavy atom. The van der Waals surface area contributed by atoms with Gasteiger partial charge in [0.05, 0.1) is 19.8 Å². The van der Waals surface area contributed by atoms with Crippen molar-refractivity contribution in [1.82, 2.24) is 4.90 Å². The molecule has 0 amide bonds. The third-order valence-corrected chi connectivity index (χ3v) is 4.38. The summed E-state index contributed by atoms with van der Waals surface area (Å²) in [5.74, 6) is 0.227. The zero-order valence-corrected chi connectivity index (χ0v) is 12.9. The van der Waals surface area contributed by atoms with Gasteiger partial charge in [0.25, 0.3) is 0 Å². The Balaban J connectivity index is 1.27. The maximum absolute atomic E-state index is 12.8. The predicted octanol–water partition coefficient (Wildman–Crippen LogP) is 2.82. The standard InChI is InChI=1S/C17H24FNO3/c18-15-3-5-16(6-4-15)20-12-2-1-9-19-10-7-17(8-11-19)21-13-14-22-17/h3-6H,1-2,7-14H2. The number of unbranched alkanes of at least 4 members (excludes halogenated alkanes) is 1. The molecule has 0 unspecified atom stereocenters. The average Bonchev–Trinajstić information content (AvgIpc) is 2.99. The molecule has 2 fully saturated rings. The molecule has 2 aliphatic heterocycles. The molecule has 22 heavy (non-hydrogen) atoms. The maximum atomic E-state index is 12.8. The van der Waals surface area contributed by atoms with Crippen LogP contribution in [0, 0.1) is 5.82 Å². The summed E-state index contributed by atoms with van der Waals surface area (Å²) in [5, 5.41) is 0. The SMILES string of the molecule is Fc1ccc(OCCCCN2CCC3(CC2)OCCO3)cc1. The van der Waals surface area contributed by atoms with Gasteiger partial charge < -0.3 is 19.1 Å². The Morgan fingerprint density at radius 2 is 1.73 bits per heavy atom. The van der Waals surface area contributed by atoms with Crippen LogP contribution in [0.25, 0.3) is 0 Å². The zero-order valence-electron chi connectivity index (χ0n) is 12.9. The Bertz CT molecular complexity index is 449. The number of halogens is 1. The molecule has 5 heteroatoms. The van der Waals surface area contributed by atoms with E-state index >= 15 is 0 Å². The lowest BCUT2D eigenvalue weighted by Crippen LogP contribution is -2.45. The molecule has 2 saturated heterocycles. The Hall–Kier alpha value is -1.17. The molecular weight excluding hydrogens is 285 g/mol. The van der Waals surface area contributed by atoms with E-state index in [4.69, 9.17) is 14.2 Å². The van der Waals surface area contributed by atoms with Crippen molar-refractivity contribution in [1.29, 1.82) is 0 Å². The summed E-state index contributed by atoms with van der Waals surface area (Å²) in [6.45, 7) is 5.32. The average molecular weight is 309 g/mol. The number of hydrogen-bond donors (Lipinski definition) is 0. The molecule has 2 aliphatic rings. The van der Waals surface area contributed by atoms with Gasteiger partial charge in [-0.15, -0.1) is 0 Å². The molecule has 0 atom stereocenters. The monoisotopic (exact) mass is 309 g/mol. The number of piperidine rings is 1. The van der Waals surface area contributed by atoms with E-state index in [9.17, 15) is 4.39 Å². The molecule has 1 aromatic rings. The lowest BCUT2D eigenvalue weighted by Gasteiger charge is -2.37. The van der Waals surface area contributed by atoms with Crippen LogP contribution in [0.5, 0.6) is 5.75 Å². The molecule has 122 valence electrons. The van der Waals surface area contributed by atoms with Gasteiger partial charge in [0.15, 0.2) is 5.79 Å². The first-order chi connectivity index (χ1) is 10.8. The predicted molar refractivity (Wildman–Crippen MR) is 81.4 cm³/mol. The number of hydrogen-bond acceptors (Lipinski definition) is 4. The lowest BCUT2D eigenvalue weighted by molar-refractivity contribution is -0.185. The highest BCUT2D eigenvalue weighted by atomic mass is 19.1. The minimum Gasteiger partial charge on any atom is -0.494 e. The number of ether oxygens (including phenoxy) is 3. The number of likely N-dealkylation sites (tertiary alicyclic amines) is 1. The van der Waals surface area contributed by atoms with E-state index in [0.717, 1.165) is 64.3 Å². The van der Waals surface area contributed by atoms with Crippen molar-refractivity contribution in [3.05, 3.63) is 30.1 Å². The van der Waals surface area contributed by atoms with Crippen LogP contribution in [-0.4, -0.2) is 50.1 Å². The third-order valence-electron chi connectivity index (χ3n) is 4.38. The highest BCUT2D eigenvalue weighted by Crippen LogP contribution is 2.31. The smallest absolute Gasteiger partial charge is 0.170 e. The molecule has 4 nitrogen and oxygen atoms in total. The van der Waals surface area contributed by atoms with E-state index < -0.39 is 0 Å². The first kappa shape index (κ1) is 15.7. The Labute approximate surface area is 131 Å². The minimum atomic E-state index is -0.276. The molecule has 0 N–H and O–H groups in total. The first-order valence-corrected chi connectivity index (χ1v) is 8.14. The van der Waals surface area contributed by atoms with Crippen LogP contribution in [0.15, 0.2) is 24.3 Å². The summed E-state index contributed by atoms with van der Waals surface area (Å²) in [4.78, 5) is 2.47. The molecule has 0 aliphatic carbocycles. The Morgan fingerprint density at radius 1 is 1.05 bits per heavy atom. The second kappa shape index (κ2) is 7.40. The van der Waals surface area contributed by atoms with E-state index in [1.165, 1.54) is 12.1 Å². The number of benzene rings is 1. The maximum Gasteiger partial charge on any atom is 0.170 e. The van der Waals surface area contributed by atoms with Crippen LogP contribution in [0.2, 0.25) is 0 Å². The van der Waals surface area contributed by atoms with Crippen molar-refractivity contribution in [3.63, 3.8) is 0 Å². The van der Waals surface area contributed by atoms with Gasteiger partial charge in [0, 0.05) is 25.9 Å². The highest BCUT2D eigenvalue weighted by Gasteiger charge is 2.39. The van der Waals surface area contributed by atoms with Gasteiger partial charge in [-0.1, -0.05) is 0 Å². The fourth-order valence-corrected chi connectivity index (χ4v) is 3.06. The van der Waals surface area contributed by atoms with Gasteiger partial charge in [-0.3, -0.25) is 0 Å². The van der Waals surface area contributed by atoms with Crippen LogP contribution >= 0.6 is 0 Å². The molecular formula is C17H24FNO3. The second-order valence-electron chi connectivity index (χ2n) is 5.96. The van der Waals surface area contributed by atoms with Gasteiger partial charge in [-0.05, 0) is 43.7 Å². The van der Waals surface area contributed by atoms with Crippen molar-refractivity contribution in [2.24, 2.45) is 0 Å². The van der Waals surface area contributed by atoms with Crippen molar-refractivity contribution in [2.45, 2.75) is 31.5 Å². The van der Waals surface area contributed by atoms with Crippen molar-refractivity contribution >= 4 is 0 Å². The van der Waals surface area contributed by atoms with E-state index in [0.29, 0.717) is 6.61 Å². The summed E-state index contributed by atoms with van der Waals surface area (Å²) >= 11 is 0. The zero-order chi connectivity index (χ0) is 15.3. The minimum absolute atomic E-state index is 0.231. The van der Waals surface area contributed by atoms with Crippen molar-refractivity contribution < 1.29 is 18.6 Å². The van der Waals surface area contributed by atoms with Gasteiger partial charge in [0.2, 0.25) is 0 Å². The van der Waals surface area contributed by atoms with Crippen LogP contribution in [0.3, 0.4) is 0 Å². The van der Waals surface area contributed by atoms with Gasteiger partial charge >= 0.3 is 0 Å². The van der Waals surface area contributed by atoms with Crippen LogP contribution in [0.4, 0.5) is 4.39 Å². The summed E-state index contributed by atoms with van der Waals surface area (Å²) in [6.07, 6.45) is 4.06. The van der Waals surface area contributed by atoms with Gasteiger partial charge in [-0.2, -0.15) is 0 Å². The van der Waals surface area contributed by atoms with Crippen LogP contribution in [-0.2, 0) is 9.47 Å². The molecule has 2 heterocycles. The Kier molecular flexibility index (Phi) is 5.28. The topological polar surface area (TPSA) is 30.9 Å². The van der Waals surface area contributed by atoms with E-state index in [1.54, 1.807) is 12.1 Å². The first-order valence-electron chi connectivity index (χ1n) is 8.14. The van der Waals surface area contributed by atoms with Crippen LogP contribution < -0.4 is 4.74 Å². The third kappa shape index (κ3) is 4.18. The summed E-state index contributed by atoms with van der Waals surface area (Å²) in [6, 6.07) is 6.18. The van der Waals surface area contributed by atoms with Crippen molar-refractivity contribution in [2.75, 3.05) is 39.5 Å². The van der Waals surface area contributed by atoms with E-state index in [1.807, 2.05) is 0 Å². The summed E-state index contributed by atoms with van der Waals surface area (Å²) in [7, 11) is 0. The van der Waals surface area contributed by atoms with E-state index in [2.05, 4.69) is 4.90 Å².